The van der Waals surface area contributed by atoms with Crippen LogP contribution in [0.5, 0.6) is 0 Å². The van der Waals surface area contributed by atoms with E-state index in [0.29, 0.717) is 16.5 Å². The van der Waals surface area contributed by atoms with Gasteiger partial charge in [-0.25, -0.2) is 0 Å². The van der Waals surface area contributed by atoms with E-state index in [1.54, 1.807) is 18.2 Å². The van der Waals surface area contributed by atoms with E-state index in [4.69, 9.17) is 0 Å². The van der Waals surface area contributed by atoms with Crippen LogP contribution in [0, 0.1) is 12.1 Å². The Kier molecular flexibility index (Phi) is 6.26. The summed E-state index contributed by atoms with van der Waals surface area (Å²) < 4.78 is 0. The third-order valence-electron chi connectivity index (χ3n) is 4.02. The molecule has 0 bridgehead atoms. The van der Waals surface area contributed by atoms with Gasteiger partial charge >= 0.3 is 0 Å². The van der Waals surface area contributed by atoms with Gasteiger partial charge in [0.05, 0.1) is 0 Å². The maximum absolute atomic E-state index is 12.3. The summed E-state index contributed by atoms with van der Waals surface area (Å²) in [5.41, 5.74) is 2.93. The average molecular weight is 404 g/mol. The smallest absolute Gasteiger partial charge is 0.251 e. The minimum Gasteiger partial charge on any atom is -0.280 e. The second-order valence-corrected chi connectivity index (χ2v) is 5.25. The first-order chi connectivity index (χ1) is 11.7. The Balaban J connectivity index is 0.000000726. The fraction of sp³-hybridized carbons (Fsp3) is 0.143. The minimum absolute atomic E-state index is 0. The van der Waals surface area contributed by atoms with Crippen molar-refractivity contribution in [1.82, 2.24) is 4.90 Å². The summed E-state index contributed by atoms with van der Waals surface area (Å²) in [5, 5.41) is 1.47. The van der Waals surface area contributed by atoms with Gasteiger partial charge in [-0.1, -0.05) is 31.4 Å². The summed E-state index contributed by atoms with van der Waals surface area (Å²) in [6.07, 6.45) is 0. The van der Waals surface area contributed by atoms with Crippen LogP contribution in [0.3, 0.4) is 0 Å². The van der Waals surface area contributed by atoms with E-state index in [2.05, 4.69) is 12.1 Å². The average Bonchev–Trinajstić information content (AvgIpc) is 2.66. The number of carbonyl (C=O) groups is 2. The Morgan fingerprint density at radius 3 is 2.08 bits per heavy atom. The van der Waals surface area contributed by atoms with Gasteiger partial charge in [0, 0.05) is 45.3 Å². The Bertz CT molecular complexity index is 913. The molecule has 2 amide bonds. The van der Waals surface area contributed by atoms with Gasteiger partial charge < -0.3 is 0 Å². The van der Waals surface area contributed by atoms with E-state index in [9.17, 15) is 9.59 Å². The molecule has 0 aliphatic carbocycles. The van der Waals surface area contributed by atoms with E-state index < -0.39 is 0 Å². The molecule has 0 N–H and O–H groups in total. The van der Waals surface area contributed by atoms with E-state index >= 15 is 0 Å². The van der Waals surface area contributed by atoms with Crippen LogP contribution in [0.2, 0.25) is 0 Å². The molecule has 1 aliphatic rings. The molecule has 3 aromatic carbocycles. The quantitative estimate of drug-likeness (QED) is 0.447. The predicted octanol–water partition coefficient (Wildman–Crippen LogP) is 4.36. The van der Waals surface area contributed by atoms with Gasteiger partial charge in [0.1, 0.15) is 0 Å². The van der Waals surface area contributed by atoms with Crippen molar-refractivity contribution in [3.05, 3.63) is 71.8 Å². The fourth-order valence-electron chi connectivity index (χ4n) is 2.92. The first-order valence-corrected chi connectivity index (χ1v) is 7.95. The summed E-state index contributed by atoms with van der Waals surface area (Å²) >= 11 is 0. The molecule has 123 valence electrons. The maximum atomic E-state index is 12.3. The molecule has 0 aromatic heterocycles. The van der Waals surface area contributed by atoms with Crippen molar-refractivity contribution in [3.63, 3.8) is 0 Å². The van der Waals surface area contributed by atoms with Gasteiger partial charge in [0.2, 0.25) is 5.91 Å². The second-order valence-electron chi connectivity index (χ2n) is 5.25. The number of carbonyl (C=O) groups excluding carboxylic acids is 2. The summed E-state index contributed by atoms with van der Waals surface area (Å²) in [7, 11) is 1.51. The molecule has 1 heterocycles. The largest absolute Gasteiger partial charge is 0.280 e. The zero-order valence-electron chi connectivity index (χ0n) is 14.5. The number of rotatable bonds is 1. The Morgan fingerprint density at radius 2 is 1.44 bits per heavy atom. The normalized spacial score (nSPS) is 12.4. The molecular formula is C21H17NO2Y-2. The minimum atomic E-state index is -0.273. The van der Waals surface area contributed by atoms with Gasteiger partial charge in [-0.15, -0.1) is 65.0 Å². The molecule has 3 nitrogen and oxygen atoms in total. The van der Waals surface area contributed by atoms with Gasteiger partial charge in [-0.3, -0.25) is 14.5 Å². The molecule has 25 heavy (non-hydrogen) atoms. The zero-order chi connectivity index (χ0) is 17.3. The Morgan fingerprint density at radius 1 is 0.800 bits per heavy atom. The van der Waals surface area contributed by atoms with Crippen molar-refractivity contribution in [2.45, 2.75) is 13.8 Å². The molecule has 1 aliphatic heterocycles. The molecular weight excluding hydrogens is 387 g/mol. The van der Waals surface area contributed by atoms with Crippen LogP contribution in [0.15, 0.2) is 48.5 Å². The van der Waals surface area contributed by atoms with Crippen LogP contribution in [-0.2, 0) is 32.7 Å². The third-order valence-corrected chi connectivity index (χ3v) is 4.02. The number of hydrogen-bond donors (Lipinski definition) is 0. The van der Waals surface area contributed by atoms with Crippen LogP contribution in [-0.4, -0.2) is 23.8 Å². The third kappa shape index (κ3) is 3.19. The molecule has 3 aromatic rings. The van der Waals surface area contributed by atoms with Crippen LogP contribution >= 0.6 is 0 Å². The molecule has 4 heteroatoms. The second kappa shape index (κ2) is 8.03. The van der Waals surface area contributed by atoms with Gasteiger partial charge in [0.15, 0.2) is 0 Å². The first kappa shape index (κ1) is 19.5. The number of amides is 2. The van der Waals surface area contributed by atoms with Gasteiger partial charge in [-0.2, -0.15) is 0 Å². The van der Waals surface area contributed by atoms with Gasteiger partial charge in [-0.05, 0) is 5.56 Å². The molecule has 1 radical (unpaired) electrons. The van der Waals surface area contributed by atoms with Crippen LogP contribution in [0.1, 0.15) is 34.6 Å². The molecule has 4 rings (SSSR count). The summed E-state index contributed by atoms with van der Waals surface area (Å²) in [4.78, 5) is 25.8. The summed E-state index contributed by atoms with van der Waals surface area (Å²) in [5.74, 6) is -0.545. The molecule has 0 saturated carbocycles. The van der Waals surface area contributed by atoms with Crippen LogP contribution < -0.4 is 0 Å². The number of benzene rings is 3. The number of nitrogens with zero attached hydrogens (tertiary/aromatic N) is 1. The number of hydrogen-bond acceptors (Lipinski definition) is 2. The molecule has 0 saturated heterocycles. The topological polar surface area (TPSA) is 37.4 Å². The van der Waals surface area contributed by atoms with E-state index in [1.165, 1.54) is 7.05 Å². The van der Waals surface area contributed by atoms with E-state index in [-0.39, 0.29) is 44.5 Å². The van der Waals surface area contributed by atoms with Crippen molar-refractivity contribution in [3.8, 4) is 11.1 Å². The van der Waals surface area contributed by atoms with Crippen molar-refractivity contribution >= 4 is 22.6 Å². The molecule has 0 unspecified atom stereocenters. The fourth-order valence-corrected chi connectivity index (χ4v) is 2.92. The van der Waals surface area contributed by atoms with E-state index in [1.807, 2.05) is 44.2 Å². The summed E-state index contributed by atoms with van der Waals surface area (Å²) in [6, 6.07) is 21.1. The predicted molar refractivity (Wildman–Crippen MR) is 94.8 cm³/mol. The zero-order valence-corrected chi connectivity index (χ0v) is 17.3. The summed E-state index contributed by atoms with van der Waals surface area (Å²) in [6.45, 7) is 4.00. The first-order valence-electron chi connectivity index (χ1n) is 7.95. The van der Waals surface area contributed by atoms with Gasteiger partial charge in [0.25, 0.3) is 5.91 Å². The van der Waals surface area contributed by atoms with Crippen LogP contribution in [0.25, 0.3) is 21.9 Å². The Labute approximate surface area is 172 Å². The number of imide groups is 1. The van der Waals surface area contributed by atoms with Crippen molar-refractivity contribution in [2.24, 2.45) is 0 Å². The van der Waals surface area contributed by atoms with Crippen molar-refractivity contribution < 1.29 is 42.3 Å². The standard InChI is InChI=1S/C19H11NO2.C2H6.Y/c1-20-18(21)15-9-5-8-14-13(12-6-3-2-4-7-12)10-11-16(17(14)15)19(20)22;1-2;/h2-6,9-11H,1H3;1-2H3;/q-2;;. The van der Waals surface area contributed by atoms with Crippen molar-refractivity contribution in [2.75, 3.05) is 7.05 Å². The SMILES string of the molecule is CC.CN1C(=O)c2cc[c-]c3c(-c4[c-]cccc4)ccc(c23)C1=O.[Y]. The molecule has 0 atom stereocenters. The maximum Gasteiger partial charge on any atom is 0.251 e. The monoisotopic (exact) mass is 404 g/mol. The van der Waals surface area contributed by atoms with Crippen LogP contribution in [0.4, 0.5) is 0 Å². The van der Waals surface area contributed by atoms with Crippen molar-refractivity contribution in [1.29, 1.82) is 0 Å². The van der Waals surface area contributed by atoms with E-state index in [0.717, 1.165) is 21.4 Å². The molecule has 0 fully saturated rings. The molecule has 0 spiro atoms. The Hall–Kier alpha value is -1.84.